The quantitative estimate of drug-likeness (QED) is 0.764. The van der Waals surface area contributed by atoms with E-state index in [0.717, 1.165) is 19.6 Å². The first-order valence-corrected chi connectivity index (χ1v) is 7.37. The molecule has 0 radical (unpaired) electrons. The van der Waals surface area contributed by atoms with Gasteiger partial charge in [0.25, 0.3) is 0 Å². The molecule has 4 nitrogen and oxygen atoms in total. The number of carbonyl (C=O) groups is 1. The lowest BCUT2D eigenvalue weighted by molar-refractivity contribution is -0.138. The lowest BCUT2D eigenvalue weighted by atomic mass is 10.0. The molecule has 1 heterocycles. The van der Waals surface area contributed by atoms with Crippen molar-refractivity contribution in [3.8, 4) is 0 Å². The third kappa shape index (κ3) is 3.45. The van der Waals surface area contributed by atoms with Crippen LogP contribution in [0.1, 0.15) is 38.5 Å². The molecule has 4 heteroatoms. The fourth-order valence-electron chi connectivity index (χ4n) is 3.20. The van der Waals surface area contributed by atoms with Crippen molar-refractivity contribution in [2.24, 2.45) is 0 Å². The summed E-state index contributed by atoms with van der Waals surface area (Å²) < 4.78 is 0. The van der Waals surface area contributed by atoms with Crippen molar-refractivity contribution >= 4 is 5.91 Å². The first-order chi connectivity index (χ1) is 8.68. The number of nitrogens with zero attached hydrogens (tertiary/aromatic N) is 2. The Bertz CT molecular complexity index is 272. The Labute approximate surface area is 111 Å². The summed E-state index contributed by atoms with van der Waals surface area (Å²) in [6.45, 7) is 2.65. The van der Waals surface area contributed by atoms with E-state index in [1.165, 1.54) is 38.5 Å². The topological polar surface area (TPSA) is 35.6 Å². The highest BCUT2D eigenvalue weighted by atomic mass is 16.2. The maximum atomic E-state index is 12.5. The average molecular weight is 253 g/mol. The zero-order valence-electron chi connectivity index (χ0n) is 11.8. The van der Waals surface area contributed by atoms with Crippen molar-refractivity contribution < 1.29 is 4.79 Å². The monoisotopic (exact) mass is 253 g/mol. The zero-order valence-corrected chi connectivity index (χ0v) is 11.8. The maximum Gasteiger partial charge on any atom is 0.241 e. The highest BCUT2D eigenvalue weighted by molar-refractivity contribution is 5.83. The van der Waals surface area contributed by atoms with E-state index in [2.05, 4.69) is 15.1 Å². The normalized spacial score (nSPS) is 27.6. The molecule has 1 saturated heterocycles. The Kier molecular flexibility index (Phi) is 5.01. The molecule has 0 aromatic heterocycles. The minimum Gasteiger partial charge on any atom is -0.337 e. The Morgan fingerprint density at radius 1 is 1.22 bits per heavy atom. The molecule has 1 atom stereocenters. The first kappa shape index (κ1) is 13.8. The van der Waals surface area contributed by atoms with E-state index in [1.54, 1.807) is 0 Å². The summed E-state index contributed by atoms with van der Waals surface area (Å²) in [6.07, 6.45) is 7.69. The fourth-order valence-corrected chi connectivity index (χ4v) is 3.20. The van der Waals surface area contributed by atoms with E-state index in [9.17, 15) is 4.79 Å². The fraction of sp³-hybridized carbons (Fsp3) is 0.929. The van der Waals surface area contributed by atoms with Crippen LogP contribution in [-0.2, 0) is 4.79 Å². The number of piperazine rings is 1. The number of carbonyl (C=O) groups excluding carboxylic acids is 1. The predicted octanol–water partition coefficient (Wildman–Crippen LogP) is 1.07. The Morgan fingerprint density at radius 3 is 2.50 bits per heavy atom. The van der Waals surface area contributed by atoms with Gasteiger partial charge in [0.2, 0.25) is 5.91 Å². The first-order valence-electron chi connectivity index (χ1n) is 7.37. The molecule has 1 N–H and O–H groups in total. The van der Waals surface area contributed by atoms with Gasteiger partial charge < -0.3 is 15.1 Å². The number of hydrogen-bond donors (Lipinski definition) is 1. The molecule has 2 fully saturated rings. The van der Waals surface area contributed by atoms with Crippen LogP contribution >= 0.6 is 0 Å². The van der Waals surface area contributed by atoms with Gasteiger partial charge in [0.15, 0.2) is 0 Å². The van der Waals surface area contributed by atoms with Gasteiger partial charge in [-0.05, 0) is 26.9 Å². The van der Waals surface area contributed by atoms with E-state index in [0.29, 0.717) is 11.9 Å². The lowest BCUT2D eigenvalue weighted by Crippen LogP contribution is -2.60. The van der Waals surface area contributed by atoms with Crippen LogP contribution in [-0.4, -0.2) is 61.5 Å². The average Bonchev–Trinajstić information content (AvgIpc) is 2.60. The summed E-state index contributed by atoms with van der Waals surface area (Å²) in [5.74, 6) is 0.321. The van der Waals surface area contributed by atoms with Crippen molar-refractivity contribution in [1.29, 1.82) is 0 Å². The number of amides is 1. The van der Waals surface area contributed by atoms with E-state index in [1.807, 2.05) is 14.1 Å². The van der Waals surface area contributed by atoms with Crippen LogP contribution in [0.15, 0.2) is 0 Å². The number of likely N-dealkylation sites (N-methyl/N-ethyl adjacent to an activating group) is 1. The summed E-state index contributed by atoms with van der Waals surface area (Å²) in [5, 5.41) is 3.35. The Balaban J connectivity index is 1.96. The highest BCUT2D eigenvalue weighted by Crippen LogP contribution is 2.23. The molecule has 0 spiro atoms. The van der Waals surface area contributed by atoms with Gasteiger partial charge in [-0.25, -0.2) is 0 Å². The summed E-state index contributed by atoms with van der Waals surface area (Å²) in [6, 6.07) is 0.503. The van der Waals surface area contributed by atoms with Crippen molar-refractivity contribution in [2.75, 3.05) is 33.7 Å². The van der Waals surface area contributed by atoms with Crippen LogP contribution in [0.3, 0.4) is 0 Å². The number of hydrogen-bond acceptors (Lipinski definition) is 3. The molecule has 0 aromatic rings. The van der Waals surface area contributed by atoms with E-state index >= 15 is 0 Å². The third-order valence-corrected chi connectivity index (χ3v) is 4.14. The Morgan fingerprint density at radius 2 is 1.89 bits per heavy atom. The Hall–Kier alpha value is -0.610. The van der Waals surface area contributed by atoms with Gasteiger partial charge in [-0.1, -0.05) is 25.7 Å². The minimum atomic E-state index is -0.00277. The molecular weight excluding hydrogens is 226 g/mol. The molecule has 2 aliphatic rings. The number of nitrogens with one attached hydrogen (secondary N) is 1. The largest absolute Gasteiger partial charge is 0.337 e. The van der Waals surface area contributed by atoms with Gasteiger partial charge in [0, 0.05) is 25.7 Å². The molecule has 0 bridgehead atoms. The van der Waals surface area contributed by atoms with E-state index in [-0.39, 0.29) is 6.04 Å². The summed E-state index contributed by atoms with van der Waals surface area (Å²) in [7, 11) is 4.05. The van der Waals surface area contributed by atoms with Crippen molar-refractivity contribution in [2.45, 2.75) is 50.6 Å². The van der Waals surface area contributed by atoms with Gasteiger partial charge in [0.1, 0.15) is 0 Å². The summed E-state index contributed by atoms with van der Waals surface area (Å²) in [5.41, 5.74) is 0. The molecule has 18 heavy (non-hydrogen) atoms. The molecule has 1 aliphatic carbocycles. The van der Waals surface area contributed by atoms with E-state index < -0.39 is 0 Å². The molecule has 1 unspecified atom stereocenters. The van der Waals surface area contributed by atoms with Gasteiger partial charge in [-0.2, -0.15) is 0 Å². The van der Waals surface area contributed by atoms with Crippen LogP contribution in [0, 0.1) is 0 Å². The molecule has 104 valence electrons. The molecular formula is C14H27N3O. The van der Waals surface area contributed by atoms with Crippen LogP contribution in [0.5, 0.6) is 0 Å². The lowest BCUT2D eigenvalue weighted by Gasteiger charge is -2.39. The summed E-state index contributed by atoms with van der Waals surface area (Å²) >= 11 is 0. The van der Waals surface area contributed by atoms with Gasteiger partial charge >= 0.3 is 0 Å². The molecule has 1 aliphatic heterocycles. The smallest absolute Gasteiger partial charge is 0.241 e. The second-order valence-corrected chi connectivity index (χ2v) is 5.95. The maximum absolute atomic E-state index is 12.5. The van der Waals surface area contributed by atoms with Gasteiger partial charge in [-0.15, -0.1) is 0 Å². The van der Waals surface area contributed by atoms with Crippen LogP contribution < -0.4 is 5.32 Å². The molecule has 1 amide bonds. The SMILES string of the molecule is CN(C)CC1NCCN(C2CCCCCC2)C1=O. The van der Waals surface area contributed by atoms with Crippen molar-refractivity contribution in [1.82, 2.24) is 15.1 Å². The van der Waals surface area contributed by atoms with Crippen molar-refractivity contribution in [3.05, 3.63) is 0 Å². The predicted molar refractivity (Wildman–Crippen MR) is 73.5 cm³/mol. The van der Waals surface area contributed by atoms with Crippen LogP contribution in [0.2, 0.25) is 0 Å². The second kappa shape index (κ2) is 6.53. The minimum absolute atomic E-state index is 0.00277. The summed E-state index contributed by atoms with van der Waals surface area (Å²) in [4.78, 5) is 16.8. The van der Waals surface area contributed by atoms with Crippen LogP contribution in [0.4, 0.5) is 0 Å². The second-order valence-electron chi connectivity index (χ2n) is 5.95. The number of rotatable bonds is 3. The third-order valence-electron chi connectivity index (χ3n) is 4.14. The van der Waals surface area contributed by atoms with Crippen LogP contribution in [0.25, 0.3) is 0 Å². The van der Waals surface area contributed by atoms with Gasteiger partial charge in [-0.3, -0.25) is 4.79 Å². The molecule has 1 saturated carbocycles. The van der Waals surface area contributed by atoms with Crippen molar-refractivity contribution in [3.63, 3.8) is 0 Å². The molecule has 2 rings (SSSR count). The molecule has 0 aromatic carbocycles. The van der Waals surface area contributed by atoms with Gasteiger partial charge in [0.05, 0.1) is 6.04 Å². The zero-order chi connectivity index (χ0) is 13.0. The highest BCUT2D eigenvalue weighted by Gasteiger charge is 2.33. The standard InChI is InChI=1S/C14H27N3O/c1-16(2)11-13-14(18)17(10-9-15-13)12-7-5-3-4-6-8-12/h12-13,15H,3-11H2,1-2H3. The van der Waals surface area contributed by atoms with E-state index in [4.69, 9.17) is 0 Å².